The molecule has 0 aliphatic heterocycles. The molecule has 0 fully saturated rings. The molecule has 0 atom stereocenters. The highest BCUT2D eigenvalue weighted by Gasteiger charge is 2.17. The lowest BCUT2D eigenvalue weighted by molar-refractivity contribution is 0.102. The minimum atomic E-state index is -0.306. The van der Waals surface area contributed by atoms with Crippen LogP contribution in [0.15, 0.2) is 53.2 Å². The molecule has 0 aliphatic rings. The summed E-state index contributed by atoms with van der Waals surface area (Å²) >= 11 is 6.05. The van der Waals surface area contributed by atoms with Gasteiger partial charge in [-0.1, -0.05) is 23.7 Å². The molecule has 31 heavy (non-hydrogen) atoms. The molecule has 1 N–H and O–H groups in total. The van der Waals surface area contributed by atoms with Gasteiger partial charge in [-0.2, -0.15) is 10.1 Å². The number of ether oxygens (including phenoxy) is 1. The molecule has 0 saturated heterocycles. The summed E-state index contributed by atoms with van der Waals surface area (Å²) in [5.41, 5.74) is 3.15. The van der Waals surface area contributed by atoms with E-state index < -0.39 is 0 Å². The van der Waals surface area contributed by atoms with E-state index >= 15 is 0 Å². The monoisotopic (exact) mass is 437 g/mol. The lowest BCUT2D eigenvalue weighted by atomic mass is 10.2. The van der Waals surface area contributed by atoms with Gasteiger partial charge in [-0.3, -0.25) is 4.79 Å². The Morgan fingerprint density at radius 1 is 1.23 bits per heavy atom. The number of hydrogen-bond donors (Lipinski definition) is 1. The Morgan fingerprint density at radius 3 is 2.68 bits per heavy atom. The molecule has 0 saturated carbocycles. The maximum Gasteiger partial charge on any atom is 0.259 e. The third-order valence-corrected chi connectivity index (χ3v) is 4.95. The number of nitrogens with one attached hydrogen (secondary N) is 1. The van der Waals surface area contributed by atoms with Crippen molar-refractivity contribution in [2.24, 2.45) is 0 Å². The summed E-state index contributed by atoms with van der Waals surface area (Å²) in [7, 11) is 1.53. The fourth-order valence-electron chi connectivity index (χ4n) is 3.06. The van der Waals surface area contributed by atoms with Gasteiger partial charge >= 0.3 is 0 Å². The Kier molecular flexibility index (Phi) is 5.73. The van der Waals surface area contributed by atoms with Crippen molar-refractivity contribution in [2.75, 3.05) is 12.4 Å². The number of carbonyl (C=O) groups excluding carboxylic acids is 1. The lowest BCUT2D eigenvalue weighted by Gasteiger charge is -2.10. The van der Waals surface area contributed by atoms with E-state index in [1.165, 1.54) is 7.11 Å². The van der Waals surface area contributed by atoms with Crippen molar-refractivity contribution in [3.63, 3.8) is 0 Å². The highest BCUT2D eigenvalue weighted by Crippen LogP contribution is 2.28. The Labute approximate surface area is 183 Å². The number of halogens is 1. The summed E-state index contributed by atoms with van der Waals surface area (Å²) in [6.45, 7) is 3.73. The molecule has 1 amide bonds. The van der Waals surface area contributed by atoms with Crippen molar-refractivity contribution in [1.29, 1.82) is 0 Å². The first kappa shape index (κ1) is 20.6. The Bertz CT molecular complexity index is 1230. The van der Waals surface area contributed by atoms with Crippen molar-refractivity contribution in [1.82, 2.24) is 19.9 Å². The van der Waals surface area contributed by atoms with Gasteiger partial charge in [0.2, 0.25) is 11.7 Å². The van der Waals surface area contributed by atoms with Crippen molar-refractivity contribution in [3.05, 3.63) is 70.8 Å². The topological polar surface area (TPSA) is 95.1 Å². The number of hydrogen-bond acceptors (Lipinski definition) is 6. The van der Waals surface area contributed by atoms with Gasteiger partial charge in [-0.05, 0) is 49.4 Å². The molecule has 158 valence electrons. The predicted octanol–water partition coefficient (Wildman–Crippen LogP) is 4.71. The summed E-state index contributed by atoms with van der Waals surface area (Å²) in [6, 6.07) is 12.6. The average molecular weight is 438 g/mol. The van der Waals surface area contributed by atoms with Crippen LogP contribution in [-0.2, 0) is 6.42 Å². The normalized spacial score (nSPS) is 10.8. The number of nitrogens with zero attached hydrogens (tertiary/aromatic N) is 4. The van der Waals surface area contributed by atoms with Gasteiger partial charge in [-0.25, -0.2) is 4.68 Å². The van der Waals surface area contributed by atoms with Gasteiger partial charge in [0.1, 0.15) is 5.75 Å². The minimum Gasteiger partial charge on any atom is -0.495 e. The first-order valence-electron chi connectivity index (χ1n) is 9.63. The Hall–Kier alpha value is -3.65. The highest BCUT2D eigenvalue weighted by molar-refractivity contribution is 6.31. The molecule has 4 aromatic rings. The molecule has 0 spiro atoms. The van der Waals surface area contributed by atoms with Gasteiger partial charge in [0.25, 0.3) is 5.91 Å². The Morgan fingerprint density at radius 2 is 2.00 bits per heavy atom. The predicted molar refractivity (Wildman–Crippen MR) is 117 cm³/mol. The van der Waals surface area contributed by atoms with E-state index in [1.54, 1.807) is 36.0 Å². The van der Waals surface area contributed by atoms with Gasteiger partial charge in [0.15, 0.2) is 0 Å². The van der Waals surface area contributed by atoms with E-state index in [1.807, 2.05) is 31.2 Å². The maximum absolute atomic E-state index is 12.8. The van der Waals surface area contributed by atoms with E-state index in [4.69, 9.17) is 20.9 Å². The minimum absolute atomic E-state index is 0.306. The third kappa shape index (κ3) is 4.29. The van der Waals surface area contributed by atoms with Crippen LogP contribution in [0, 0.1) is 6.92 Å². The van der Waals surface area contributed by atoms with E-state index in [-0.39, 0.29) is 5.91 Å². The van der Waals surface area contributed by atoms with E-state index in [0.29, 0.717) is 45.9 Å². The van der Waals surface area contributed by atoms with Crippen LogP contribution < -0.4 is 10.1 Å². The number of methoxy groups -OCH3 is 1. The van der Waals surface area contributed by atoms with E-state index in [2.05, 4.69) is 20.6 Å². The lowest BCUT2D eigenvalue weighted by Crippen LogP contribution is -2.13. The van der Waals surface area contributed by atoms with Crippen LogP contribution in [0.4, 0.5) is 5.69 Å². The Balaban J connectivity index is 1.56. The molecule has 0 bridgehead atoms. The summed E-state index contributed by atoms with van der Waals surface area (Å²) in [6.07, 6.45) is 2.36. The smallest absolute Gasteiger partial charge is 0.259 e. The van der Waals surface area contributed by atoms with Crippen molar-refractivity contribution >= 4 is 23.2 Å². The molecule has 4 rings (SSSR count). The second-order valence-corrected chi connectivity index (χ2v) is 7.22. The fraction of sp³-hybridized carbons (Fsp3) is 0.182. The van der Waals surface area contributed by atoms with Gasteiger partial charge < -0.3 is 14.6 Å². The average Bonchev–Trinajstić information content (AvgIpc) is 3.41. The van der Waals surface area contributed by atoms with Crippen molar-refractivity contribution in [2.45, 2.75) is 20.3 Å². The second kappa shape index (κ2) is 8.61. The molecule has 2 heterocycles. The molecule has 0 aliphatic carbocycles. The number of rotatable bonds is 6. The van der Waals surface area contributed by atoms with Crippen LogP contribution in [0.2, 0.25) is 5.02 Å². The van der Waals surface area contributed by atoms with Crippen molar-refractivity contribution < 1.29 is 14.1 Å². The first-order valence-corrected chi connectivity index (χ1v) is 10.0. The third-order valence-electron chi connectivity index (χ3n) is 4.71. The summed E-state index contributed by atoms with van der Waals surface area (Å²) < 4.78 is 12.1. The van der Waals surface area contributed by atoms with Gasteiger partial charge in [-0.15, -0.1) is 0 Å². The van der Waals surface area contributed by atoms with Gasteiger partial charge in [0, 0.05) is 23.2 Å². The fourth-order valence-corrected chi connectivity index (χ4v) is 3.23. The van der Waals surface area contributed by atoms with Crippen LogP contribution >= 0.6 is 11.6 Å². The zero-order valence-electron chi connectivity index (χ0n) is 17.2. The van der Waals surface area contributed by atoms with E-state index in [0.717, 1.165) is 11.3 Å². The summed E-state index contributed by atoms with van der Waals surface area (Å²) in [4.78, 5) is 17.2. The molecule has 0 unspecified atom stereocenters. The number of carbonyl (C=O) groups is 1. The van der Waals surface area contributed by atoms with Crippen LogP contribution in [0.3, 0.4) is 0 Å². The number of anilines is 1. The molecule has 9 heteroatoms. The SMILES string of the molecule is CCc1nc(-c2ccc(-n3cc(C(=O)Nc4cc(Cl)ccc4OC)c(C)n3)cc2)no1. The first-order chi connectivity index (χ1) is 15.0. The number of aryl methyl sites for hydroxylation is 2. The maximum atomic E-state index is 12.8. The molecular formula is C22H20ClN5O3. The van der Waals surface area contributed by atoms with Gasteiger partial charge in [0.05, 0.1) is 29.7 Å². The standard InChI is InChI=1S/C22H20ClN5O3/c1-4-20-25-21(27-31-20)14-5-8-16(9-6-14)28-12-17(13(2)26-28)22(29)24-18-11-15(23)7-10-19(18)30-3/h5-12H,4H2,1-3H3,(H,24,29). The molecule has 0 radical (unpaired) electrons. The largest absolute Gasteiger partial charge is 0.495 e. The zero-order valence-corrected chi connectivity index (χ0v) is 18.0. The van der Waals surface area contributed by atoms with Crippen LogP contribution in [-0.4, -0.2) is 32.9 Å². The molecule has 2 aromatic heterocycles. The van der Waals surface area contributed by atoms with Crippen molar-refractivity contribution in [3.8, 4) is 22.8 Å². The molecule has 2 aromatic carbocycles. The quantitative estimate of drug-likeness (QED) is 0.469. The number of benzene rings is 2. The summed E-state index contributed by atoms with van der Waals surface area (Å²) in [5, 5.41) is 11.8. The van der Waals surface area contributed by atoms with Crippen LogP contribution in [0.5, 0.6) is 5.75 Å². The number of amides is 1. The second-order valence-electron chi connectivity index (χ2n) is 6.78. The zero-order chi connectivity index (χ0) is 22.0. The molecular weight excluding hydrogens is 418 g/mol. The highest BCUT2D eigenvalue weighted by atomic mass is 35.5. The summed E-state index contributed by atoms with van der Waals surface area (Å²) in [5.74, 6) is 1.34. The molecule has 8 nitrogen and oxygen atoms in total. The van der Waals surface area contributed by atoms with Crippen LogP contribution in [0.25, 0.3) is 17.1 Å². The number of aromatic nitrogens is 4. The van der Waals surface area contributed by atoms with E-state index in [9.17, 15) is 4.79 Å². The van der Waals surface area contributed by atoms with Crippen LogP contribution in [0.1, 0.15) is 28.9 Å².